The van der Waals surface area contributed by atoms with E-state index in [-0.39, 0.29) is 11.8 Å². The van der Waals surface area contributed by atoms with Gasteiger partial charge in [-0.15, -0.1) is 11.3 Å². The Bertz CT molecular complexity index is 1200. The fraction of sp³-hybridized carbons (Fsp3) is 0.280. The van der Waals surface area contributed by atoms with Gasteiger partial charge in [-0.2, -0.15) is 0 Å². The largest absolute Gasteiger partial charge is 0.378 e. The van der Waals surface area contributed by atoms with Gasteiger partial charge in [-0.1, -0.05) is 17.7 Å². The molecule has 3 atom stereocenters. The predicted molar refractivity (Wildman–Crippen MR) is 131 cm³/mol. The van der Waals surface area contributed by atoms with E-state index in [0.717, 1.165) is 29.3 Å². The number of amides is 2. The van der Waals surface area contributed by atoms with Crippen molar-refractivity contribution in [2.45, 2.75) is 12.1 Å². The van der Waals surface area contributed by atoms with Crippen LogP contribution in [0.25, 0.3) is 0 Å². The average Bonchev–Trinajstić information content (AvgIpc) is 3.58. The molecule has 3 aliphatic heterocycles. The summed E-state index contributed by atoms with van der Waals surface area (Å²) >= 11 is 7.61. The number of hydroxylamine groups is 1. The number of benzene rings is 2. The Hall–Kier alpha value is -2.91. The zero-order chi connectivity index (χ0) is 23.2. The highest BCUT2D eigenvalue weighted by atomic mass is 35.5. The first kappa shape index (κ1) is 21.6. The number of ether oxygens (including phenoxy) is 1. The van der Waals surface area contributed by atoms with E-state index in [2.05, 4.69) is 4.90 Å². The standard InChI is InChI=1S/C25H22ClN3O4S/c26-16-3-5-19(6-4-16)29-22(20-2-1-15-34-20)21-23(33-29)25(31)28(24(21)30)18-9-7-17(8-10-18)27-11-13-32-14-12-27/h1-10,15,21-23H,11-14H2/t21-,22+,23-/m0/s1. The van der Waals surface area contributed by atoms with Crippen molar-refractivity contribution in [1.29, 1.82) is 0 Å². The van der Waals surface area contributed by atoms with Gasteiger partial charge in [-0.25, -0.2) is 9.96 Å². The van der Waals surface area contributed by atoms with Crippen LogP contribution in [0.15, 0.2) is 66.0 Å². The van der Waals surface area contributed by atoms with Crippen LogP contribution in [-0.4, -0.2) is 44.2 Å². The zero-order valence-electron chi connectivity index (χ0n) is 18.2. The van der Waals surface area contributed by atoms with Crippen LogP contribution in [0.3, 0.4) is 0 Å². The predicted octanol–water partition coefficient (Wildman–Crippen LogP) is 4.29. The number of hydrogen-bond acceptors (Lipinski definition) is 7. The number of carbonyl (C=O) groups is 2. The van der Waals surface area contributed by atoms with E-state index in [1.54, 1.807) is 28.5 Å². The van der Waals surface area contributed by atoms with Crippen LogP contribution in [0, 0.1) is 5.92 Å². The van der Waals surface area contributed by atoms with Gasteiger partial charge in [-0.05, 0) is 60.0 Å². The van der Waals surface area contributed by atoms with Gasteiger partial charge >= 0.3 is 0 Å². The van der Waals surface area contributed by atoms with Crippen LogP contribution in [0.1, 0.15) is 10.9 Å². The number of fused-ring (bicyclic) bond motifs is 1. The number of rotatable bonds is 4. The highest BCUT2D eigenvalue weighted by Crippen LogP contribution is 2.48. The molecule has 7 nitrogen and oxygen atoms in total. The van der Waals surface area contributed by atoms with E-state index in [0.29, 0.717) is 23.9 Å². The van der Waals surface area contributed by atoms with E-state index in [9.17, 15) is 9.59 Å². The van der Waals surface area contributed by atoms with E-state index in [1.165, 1.54) is 4.90 Å². The van der Waals surface area contributed by atoms with Crippen LogP contribution in [0.5, 0.6) is 0 Å². The summed E-state index contributed by atoms with van der Waals surface area (Å²) in [5.41, 5.74) is 2.36. The molecule has 0 unspecified atom stereocenters. The highest BCUT2D eigenvalue weighted by Gasteiger charge is 2.60. The Labute approximate surface area is 206 Å². The summed E-state index contributed by atoms with van der Waals surface area (Å²) in [4.78, 5) is 37.8. The fourth-order valence-corrected chi connectivity index (χ4v) is 5.84. The lowest BCUT2D eigenvalue weighted by Gasteiger charge is -2.29. The molecule has 4 heterocycles. The minimum absolute atomic E-state index is 0.246. The summed E-state index contributed by atoms with van der Waals surface area (Å²) < 4.78 is 5.42. The summed E-state index contributed by atoms with van der Waals surface area (Å²) in [6, 6.07) is 18.3. The van der Waals surface area contributed by atoms with Crippen molar-refractivity contribution in [3.8, 4) is 0 Å². The maximum absolute atomic E-state index is 13.7. The minimum atomic E-state index is -0.880. The molecule has 174 valence electrons. The third-order valence-corrected chi connectivity index (χ3v) is 7.71. The molecule has 2 amide bonds. The number of imide groups is 1. The summed E-state index contributed by atoms with van der Waals surface area (Å²) in [5.74, 6) is -1.23. The molecule has 3 aromatic rings. The smallest absolute Gasteiger partial charge is 0.266 e. The van der Waals surface area contributed by atoms with Crippen molar-refractivity contribution in [1.82, 2.24) is 0 Å². The van der Waals surface area contributed by atoms with Crippen LogP contribution in [0.4, 0.5) is 17.1 Å². The molecule has 2 aromatic carbocycles. The fourth-order valence-electron chi connectivity index (χ4n) is 4.86. The lowest BCUT2D eigenvalue weighted by atomic mass is 9.95. The Morgan fingerprint density at radius 1 is 0.853 bits per heavy atom. The molecule has 3 fully saturated rings. The Balaban J connectivity index is 1.31. The normalized spacial score (nSPS) is 24.7. The molecule has 34 heavy (non-hydrogen) atoms. The van der Waals surface area contributed by atoms with Crippen molar-refractivity contribution < 1.29 is 19.2 Å². The van der Waals surface area contributed by atoms with Crippen molar-refractivity contribution in [3.05, 3.63) is 75.9 Å². The van der Waals surface area contributed by atoms with Gasteiger partial charge in [0.2, 0.25) is 5.91 Å². The number of carbonyl (C=O) groups excluding carboxylic acids is 2. The maximum atomic E-state index is 13.7. The van der Waals surface area contributed by atoms with Gasteiger partial charge in [0.25, 0.3) is 5.91 Å². The molecule has 0 radical (unpaired) electrons. The second-order valence-electron chi connectivity index (χ2n) is 8.44. The number of hydrogen-bond donors (Lipinski definition) is 0. The summed E-state index contributed by atoms with van der Waals surface area (Å²) in [6.45, 7) is 3.03. The average molecular weight is 496 g/mol. The molecule has 0 bridgehead atoms. The van der Waals surface area contributed by atoms with E-state index < -0.39 is 18.1 Å². The molecule has 0 saturated carbocycles. The quantitative estimate of drug-likeness (QED) is 0.503. The van der Waals surface area contributed by atoms with Crippen LogP contribution in [0.2, 0.25) is 5.02 Å². The Morgan fingerprint density at radius 3 is 2.21 bits per heavy atom. The second kappa shape index (κ2) is 8.70. The zero-order valence-corrected chi connectivity index (χ0v) is 19.7. The van der Waals surface area contributed by atoms with E-state index in [1.807, 2.05) is 53.9 Å². The number of nitrogens with zero attached hydrogens (tertiary/aromatic N) is 3. The third-order valence-electron chi connectivity index (χ3n) is 6.52. The maximum Gasteiger partial charge on any atom is 0.266 e. The number of anilines is 3. The van der Waals surface area contributed by atoms with Crippen molar-refractivity contribution in [2.75, 3.05) is 41.2 Å². The van der Waals surface area contributed by atoms with Gasteiger partial charge < -0.3 is 9.64 Å². The molecule has 1 aromatic heterocycles. The van der Waals surface area contributed by atoms with Gasteiger partial charge in [0.05, 0.1) is 24.6 Å². The van der Waals surface area contributed by atoms with Gasteiger partial charge in [-0.3, -0.25) is 14.4 Å². The number of morpholine rings is 1. The Morgan fingerprint density at radius 2 is 1.53 bits per heavy atom. The van der Waals surface area contributed by atoms with Gasteiger partial charge in [0, 0.05) is 28.7 Å². The SMILES string of the molecule is O=C1[C@@H]2[C@H](ON(c3ccc(Cl)cc3)[C@@H]2c2cccs2)C(=O)N1c1ccc(N2CCOCC2)cc1. The number of thiophene rings is 1. The van der Waals surface area contributed by atoms with Crippen LogP contribution in [-0.2, 0) is 19.2 Å². The van der Waals surface area contributed by atoms with Crippen molar-refractivity contribution >= 4 is 51.8 Å². The molecule has 0 spiro atoms. The lowest BCUT2D eigenvalue weighted by molar-refractivity contribution is -0.126. The molecule has 3 aliphatic rings. The summed E-state index contributed by atoms with van der Waals surface area (Å²) in [5, 5.41) is 4.26. The lowest BCUT2D eigenvalue weighted by Crippen LogP contribution is -2.37. The Kier molecular flexibility index (Phi) is 5.53. The summed E-state index contributed by atoms with van der Waals surface area (Å²) in [7, 11) is 0. The summed E-state index contributed by atoms with van der Waals surface area (Å²) in [6.07, 6.45) is -0.880. The second-order valence-corrected chi connectivity index (χ2v) is 9.86. The highest BCUT2D eigenvalue weighted by molar-refractivity contribution is 7.10. The molecule has 0 N–H and O–H groups in total. The third kappa shape index (κ3) is 3.58. The van der Waals surface area contributed by atoms with Gasteiger partial charge in [0.15, 0.2) is 6.10 Å². The molecule has 9 heteroatoms. The first-order valence-corrected chi connectivity index (χ1v) is 12.4. The topological polar surface area (TPSA) is 62.3 Å². The van der Waals surface area contributed by atoms with Crippen molar-refractivity contribution in [2.24, 2.45) is 5.92 Å². The molecule has 3 saturated heterocycles. The monoisotopic (exact) mass is 495 g/mol. The molecular formula is C25H22ClN3O4S. The first-order chi connectivity index (χ1) is 16.6. The molecule has 6 rings (SSSR count). The van der Waals surface area contributed by atoms with E-state index >= 15 is 0 Å². The minimum Gasteiger partial charge on any atom is -0.378 e. The first-order valence-electron chi connectivity index (χ1n) is 11.2. The van der Waals surface area contributed by atoms with Crippen LogP contribution < -0.4 is 14.9 Å². The number of halogens is 1. The van der Waals surface area contributed by atoms with Crippen LogP contribution >= 0.6 is 22.9 Å². The van der Waals surface area contributed by atoms with E-state index in [4.69, 9.17) is 21.2 Å². The molecular weight excluding hydrogens is 474 g/mol. The van der Waals surface area contributed by atoms with Gasteiger partial charge in [0.1, 0.15) is 12.0 Å². The molecule has 0 aliphatic carbocycles. The van der Waals surface area contributed by atoms with Crippen molar-refractivity contribution in [3.63, 3.8) is 0 Å².